The Bertz CT molecular complexity index is 562. The first kappa shape index (κ1) is 15.9. The fourth-order valence-corrected chi connectivity index (χ4v) is 1.58. The maximum atomic E-state index is 11.8. The molecule has 0 saturated carbocycles. The monoisotopic (exact) mass is 282 g/mol. The van der Waals surface area contributed by atoms with Crippen LogP contribution in [0.5, 0.6) is 0 Å². The Hall–Kier alpha value is -2.18. The van der Waals surface area contributed by atoms with Gasteiger partial charge in [-0.2, -0.15) is 0 Å². The molecule has 0 aliphatic carbocycles. The minimum Gasteiger partial charge on any atom is -0.464 e. The lowest BCUT2D eigenvalue weighted by Crippen LogP contribution is -2.27. The topological polar surface area (TPSA) is 91.4 Å². The van der Waals surface area contributed by atoms with E-state index in [0.29, 0.717) is 5.92 Å². The van der Waals surface area contributed by atoms with Crippen molar-refractivity contribution >= 4 is 11.7 Å². The quantitative estimate of drug-likeness (QED) is 0.449. The van der Waals surface area contributed by atoms with Gasteiger partial charge in [0.2, 0.25) is 0 Å². The number of carbonyl (C=O) groups excluding carboxylic acids is 1. The van der Waals surface area contributed by atoms with Gasteiger partial charge in [-0.05, 0) is 19.3 Å². The highest BCUT2D eigenvalue weighted by atomic mass is 16.6. The summed E-state index contributed by atoms with van der Waals surface area (Å²) < 4.78 is 5.99. The summed E-state index contributed by atoms with van der Waals surface area (Å²) in [6, 6.07) is 1.18. The molecular weight excluding hydrogens is 264 g/mol. The molecule has 0 saturated heterocycles. The van der Waals surface area contributed by atoms with Gasteiger partial charge in [-0.25, -0.2) is 0 Å². The first-order valence-electron chi connectivity index (χ1n) is 6.32. The molecule has 0 bridgehead atoms. The van der Waals surface area contributed by atoms with Gasteiger partial charge < -0.3 is 4.74 Å². The number of nitro groups is 1. The maximum Gasteiger partial charge on any atom is 0.326 e. The van der Waals surface area contributed by atoms with Crippen molar-refractivity contribution in [2.45, 2.75) is 33.7 Å². The van der Waals surface area contributed by atoms with E-state index in [0.717, 1.165) is 17.2 Å². The molecular formula is C13H18N2O5. The highest BCUT2D eigenvalue weighted by Crippen LogP contribution is 2.09. The van der Waals surface area contributed by atoms with E-state index in [1.807, 2.05) is 13.8 Å². The number of hydrogen-bond donors (Lipinski definition) is 0. The van der Waals surface area contributed by atoms with Crippen LogP contribution in [0.4, 0.5) is 5.69 Å². The van der Waals surface area contributed by atoms with E-state index in [-0.39, 0.29) is 24.4 Å². The third-order valence-corrected chi connectivity index (χ3v) is 2.72. The number of esters is 1. The summed E-state index contributed by atoms with van der Waals surface area (Å²) in [5.41, 5.74) is -0.442. The van der Waals surface area contributed by atoms with Gasteiger partial charge in [-0.3, -0.25) is 24.3 Å². The van der Waals surface area contributed by atoms with Crippen LogP contribution in [0.3, 0.4) is 0 Å². The Morgan fingerprint density at radius 2 is 2.15 bits per heavy atom. The number of ether oxygens (including phenoxy) is 1. The molecule has 1 heterocycles. The van der Waals surface area contributed by atoms with Crippen LogP contribution in [0.1, 0.15) is 25.8 Å². The van der Waals surface area contributed by atoms with Crippen LogP contribution in [0.2, 0.25) is 0 Å². The molecule has 0 fully saturated rings. The lowest BCUT2D eigenvalue weighted by molar-refractivity contribution is -0.385. The maximum absolute atomic E-state index is 11.8. The first-order valence-corrected chi connectivity index (χ1v) is 6.32. The summed E-state index contributed by atoms with van der Waals surface area (Å²) in [5.74, 6) is -0.168. The number of aryl methyl sites for hydroxylation is 1. The Morgan fingerprint density at radius 1 is 1.50 bits per heavy atom. The largest absolute Gasteiger partial charge is 0.464 e. The molecule has 7 heteroatoms. The molecule has 0 amide bonds. The molecule has 1 rings (SSSR count). The van der Waals surface area contributed by atoms with Crippen LogP contribution in [-0.2, 0) is 16.1 Å². The number of nitrogens with zero attached hydrogens (tertiary/aromatic N) is 2. The summed E-state index contributed by atoms with van der Waals surface area (Å²) in [6.45, 7) is 5.43. The van der Waals surface area contributed by atoms with E-state index in [1.54, 1.807) is 0 Å². The van der Waals surface area contributed by atoms with Gasteiger partial charge in [0.25, 0.3) is 11.2 Å². The Kier molecular flexibility index (Phi) is 5.42. The van der Waals surface area contributed by atoms with E-state index >= 15 is 0 Å². The SMILES string of the molecule is Cc1cc([N+](=O)[O-])cn(CC(=O)OCCC(C)C)c1=O. The van der Waals surface area contributed by atoms with Crippen LogP contribution in [0.25, 0.3) is 0 Å². The Balaban J connectivity index is 2.79. The van der Waals surface area contributed by atoms with Gasteiger partial charge in [0, 0.05) is 11.6 Å². The van der Waals surface area contributed by atoms with Crippen molar-refractivity contribution < 1.29 is 14.5 Å². The fraction of sp³-hybridized carbons (Fsp3) is 0.538. The average molecular weight is 282 g/mol. The normalized spacial score (nSPS) is 10.6. The van der Waals surface area contributed by atoms with Gasteiger partial charge >= 0.3 is 5.97 Å². The van der Waals surface area contributed by atoms with E-state index in [9.17, 15) is 19.7 Å². The lowest BCUT2D eigenvalue weighted by Gasteiger charge is -2.08. The average Bonchev–Trinajstić information content (AvgIpc) is 2.33. The van der Waals surface area contributed by atoms with Crippen LogP contribution < -0.4 is 5.56 Å². The molecule has 0 radical (unpaired) electrons. The van der Waals surface area contributed by atoms with Crippen LogP contribution in [0, 0.1) is 23.0 Å². The predicted molar refractivity (Wildman–Crippen MR) is 72.5 cm³/mol. The zero-order chi connectivity index (χ0) is 15.3. The van der Waals surface area contributed by atoms with Gasteiger partial charge in [0.15, 0.2) is 0 Å². The molecule has 20 heavy (non-hydrogen) atoms. The second-order valence-electron chi connectivity index (χ2n) is 4.97. The van der Waals surface area contributed by atoms with Crippen molar-refractivity contribution in [3.63, 3.8) is 0 Å². The molecule has 0 unspecified atom stereocenters. The third-order valence-electron chi connectivity index (χ3n) is 2.72. The summed E-state index contributed by atoms with van der Waals surface area (Å²) in [5, 5.41) is 10.7. The fourth-order valence-electron chi connectivity index (χ4n) is 1.58. The van der Waals surface area contributed by atoms with Crippen molar-refractivity contribution in [2.75, 3.05) is 6.61 Å². The second kappa shape index (κ2) is 6.83. The molecule has 0 aromatic carbocycles. The highest BCUT2D eigenvalue weighted by Gasteiger charge is 2.14. The standard InChI is InChI=1S/C13H18N2O5/c1-9(2)4-5-20-12(16)8-14-7-11(15(18)19)6-10(3)13(14)17/h6-7,9H,4-5,8H2,1-3H3. The summed E-state index contributed by atoms with van der Waals surface area (Å²) >= 11 is 0. The molecule has 0 aliphatic heterocycles. The number of aromatic nitrogens is 1. The molecule has 1 aromatic heterocycles. The molecule has 0 aliphatic rings. The van der Waals surface area contributed by atoms with Gasteiger partial charge in [-0.15, -0.1) is 0 Å². The third kappa shape index (κ3) is 4.49. The van der Waals surface area contributed by atoms with Crippen LogP contribution >= 0.6 is 0 Å². The predicted octanol–water partition coefficient (Wildman–Crippen LogP) is 1.65. The molecule has 1 aromatic rings. The minimum atomic E-state index is -0.604. The van der Waals surface area contributed by atoms with Gasteiger partial charge in [0.05, 0.1) is 17.7 Å². The smallest absolute Gasteiger partial charge is 0.326 e. The summed E-state index contributed by atoms with van der Waals surface area (Å²) in [6.07, 6.45) is 1.79. The number of rotatable bonds is 6. The van der Waals surface area contributed by atoms with Crippen molar-refractivity contribution in [1.29, 1.82) is 0 Å². The van der Waals surface area contributed by atoms with E-state index in [2.05, 4.69) is 0 Å². The van der Waals surface area contributed by atoms with Gasteiger partial charge in [-0.1, -0.05) is 13.8 Å². The van der Waals surface area contributed by atoms with E-state index in [4.69, 9.17) is 4.74 Å². The Morgan fingerprint density at radius 3 is 2.70 bits per heavy atom. The zero-order valence-corrected chi connectivity index (χ0v) is 11.8. The van der Waals surface area contributed by atoms with Crippen LogP contribution in [0.15, 0.2) is 17.1 Å². The van der Waals surface area contributed by atoms with Gasteiger partial charge in [0.1, 0.15) is 6.54 Å². The molecule has 110 valence electrons. The summed E-state index contributed by atoms with van der Waals surface area (Å²) in [4.78, 5) is 33.5. The number of pyridine rings is 1. The molecule has 0 atom stereocenters. The van der Waals surface area contributed by atoms with Crippen molar-refractivity contribution in [3.8, 4) is 0 Å². The second-order valence-corrected chi connectivity index (χ2v) is 4.97. The summed E-state index contributed by atoms with van der Waals surface area (Å²) in [7, 11) is 0. The zero-order valence-electron chi connectivity index (χ0n) is 11.8. The van der Waals surface area contributed by atoms with Crippen molar-refractivity contribution in [2.24, 2.45) is 5.92 Å². The highest BCUT2D eigenvalue weighted by molar-refractivity contribution is 5.69. The number of hydrogen-bond acceptors (Lipinski definition) is 5. The minimum absolute atomic E-state index is 0.217. The van der Waals surface area contributed by atoms with E-state index in [1.165, 1.54) is 13.0 Å². The molecule has 0 N–H and O–H groups in total. The first-order chi connectivity index (χ1) is 9.31. The van der Waals surface area contributed by atoms with Crippen molar-refractivity contribution in [3.05, 3.63) is 38.3 Å². The molecule has 0 spiro atoms. The molecule has 7 nitrogen and oxygen atoms in total. The Labute approximate surface area is 116 Å². The van der Waals surface area contributed by atoms with E-state index < -0.39 is 16.5 Å². The van der Waals surface area contributed by atoms with Crippen LogP contribution in [-0.4, -0.2) is 22.1 Å². The lowest BCUT2D eigenvalue weighted by atomic mass is 10.1. The number of carbonyl (C=O) groups is 1. The van der Waals surface area contributed by atoms with Crippen molar-refractivity contribution in [1.82, 2.24) is 4.57 Å².